The third-order valence-electron chi connectivity index (χ3n) is 2.52. The molecular formula is C12H11N3S. The summed E-state index contributed by atoms with van der Waals surface area (Å²) in [7, 11) is 0. The molecule has 0 saturated heterocycles. The van der Waals surface area contributed by atoms with Crippen molar-refractivity contribution in [3.8, 4) is 0 Å². The van der Waals surface area contributed by atoms with Crippen molar-refractivity contribution in [1.29, 1.82) is 0 Å². The van der Waals surface area contributed by atoms with Crippen LogP contribution in [0, 0.1) is 0 Å². The first-order chi connectivity index (χ1) is 7.93. The van der Waals surface area contributed by atoms with E-state index < -0.39 is 0 Å². The summed E-state index contributed by atoms with van der Waals surface area (Å²) < 4.78 is 0. The van der Waals surface area contributed by atoms with Crippen molar-refractivity contribution < 1.29 is 0 Å². The van der Waals surface area contributed by atoms with Crippen molar-refractivity contribution in [2.75, 3.05) is 5.32 Å². The number of benzene rings is 1. The van der Waals surface area contributed by atoms with Crippen molar-refractivity contribution in [3.63, 3.8) is 0 Å². The van der Waals surface area contributed by atoms with E-state index in [-0.39, 0.29) is 0 Å². The summed E-state index contributed by atoms with van der Waals surface area (Å²) in [4.78, 5) is 1.33. The largest absolute Gasteiger partial charge is 0.380 e. The first kappa shape index (κ1) is 9.42. The highest BCUT2D eigenvalue weighted by atomic mass is 32.1. The highest BCUT2D eigenvalue weighted by Crippen LogP contribution is 2.22. The molecule has 0 aliphatic rings. The molecule has 2 aromatic heterocycles. The fraction of sp³-hybridized carbons (Fsp3) is 0.0833. The summed E-state index contributed by atoms with van der Waals surface area (Å²) in [5.74, 6) is 0. The number of hydrogen-bond acceptors (Lipinski definition) is 3. The molecule has 0 fully saturated rings. The predicted octanol–water partition coefficient (Wildman–Crippen LogP) is 3.24. The topological polar surface area (TPSA) is 40.7 Å². The quantitative estimate of drug-likeness (QED) is 0.724. The van der Waals surface area contributed by atoms with E-state index in [1.165, 1.54) is 4.88 Å². The minimum Gasteiger partial charge on any atom is -0.380 e. The van der Waals surface area contributed by atoms with Crippen LogP contribution in [-0.4, -0.2) is 10.2 Å². The van der Waals surface area contributed by atoms with Crippen LogP contribution in [0.15, 0.2) is 41.9 Å². The molecule has 0 unspecified atom stereocenters. The minimum absolute atomic E-state index is 0.863. The number of aromatic nitrogens is 2. The molecular weight excluding hydrogens is 218 g/mol. The van der Waals surface area contributed by atoms with Crippen LogP contribution in [-0.2, 0) is 6.54 Å². The average Bonchev–Trinajstić information content (AvgIpc) is 2.97. The molecule has 80 valence electrons. The van der Waals surface area contributed by atoms with Crippen LogP contribution in [0.2, 0.25) is 0 Å². The van der Waals surface area contributed by atoms with Crippen LogP contribution in [0.3, 0.4) is 0 Å². The van der Waals surface area contributed by atoms with Crippen LogP contribution in [0.1, 0.15) is 4.88 Å². The molecule has 0 atom stereocenters. The first-order valence-electron chi connectivity index (χ1n) is 5.12. The maximum absolute atomic E-state index is 4.04. The van der Waals surface area contributed by atoms with Gasteiger partial charge in [0, 0.05) is 22.5 Å². The standard InChI is InChI=1S/C12H11N3S/c1-4-11(10-8-14-15-12(10)5-1)13-7-9-3-2-6-16-9/h1-6,8,13H,7H2,(H,14,15). The van der Waals surface area contributed by atoms with Crippen molar-refractivity contribution in [2.45, 2.75) is 6.54 Å². The predicted molar refractivity (Wildman–Crippen MR) is 67.7 cm³/mol. The Labute approximate surface area is 97.1 Å². The Morgan fingerprint density at radius 1 is 1.25 bits per heavy atom. The summed E-state index contributed by atoms with van der Waals surface area (Å²) >= 11 is 1.76. The second kappa shape index (κ2) is 3.98. The van der Waals surface area contributed by atoms with Gasteiger partial charge in [-0.25, -0.2) is 0 Å². The Kier molecular flexibility index (Phi) is 2.34. The number of H-pyrrole nitrogens is 1. The minimum atomic E-state index is 0.863. The number of aromatic amines is 1. The Morgan fingerprint density at radius 3 is 3.12 bits per heavy atom. The number of nitrogens with zero attached hydrogens (tertiary/aromatic N) is 1. The van der Waals surface area contributed by atoms with Crippen LogP contribution in [0.25, 0.3) is 10.9 Å². The second-order valence-electron chi connectivity index (χ2n) is 3.57. The van der Waals surface area contributed by atoms with Crippen molar-refractivity contribution in [3.05, 3.63) is 46.8 Å². The molecule has 3 aromatic rings. The lowest BCUT2D eigenvalue weighted by Crippen LogP contribution is -1.97. The second-order valence-corrected chi connectivity index (χ2v) is 4.60. The summed E-state index contributed by atoms with van der Waals surface area (Å²) in [6.07, 6.45) is 1.85. The zero-order chi connectivity index (χ0) is 10.8. The number of nitrogens with one attached hydrogen (secondary N) is 2. The Morgan fingerprint density at radius 2 is 2.25 bits per heavy atom. The van der Waals surface area contributed by atoms with Gasteiger partial charge in [-0.3, -0.25) is 5.10 Å². The third kappa shape index (κ3) is 1.67. The zero-order valence-electron chi connectivity index (χ0n) is 8.60. The van der Waals surface area contributed by atoms with E-state index in [9.17, 15) is 0 Å². The molecule has 0 spiro atoms. The molecule has 0 aliphatic carbocycles. The van der Waals surface area contributed by atoms with Gasteiger partial charge in [-0.2, -0.15) is 5.10 Å². The number of anilines is 1. The van der Waals surface area contributed by atoms with Gasteiger partial charge in [-0.05, 0) is 23.6 Å². The van der Waals surface area contributed by atoms with Gasteiger partial charge >= 0.3 is 0 Å². The van der Waals surface area contributed by atoms with E-state index >= 15 is 0 Å². The normalized spacial score (nSPS) is 10.8. The number of thiophene rings is 1. The number of fused-ring (bicyclic) bond motifs is 1. The molecule has 3 nitrogen and oxygen atoms in total. The van der Waals surface area contributed by atoms with E-state index in [4.69, 9.17) is 0 Å². The molecule has 4 heteroatoms. The smallest absolute Gasteiger partial charge is 0.0671 e. The molecule has 1 aromatic carbocycles. The monoisotopic (exact) mass is 229 g/mol. The van der Waals surface area contributed by atoms with E-state index in [1.807, 2.05) is 18.3 Å². The van der Waals surface area contributed by atoms with Crippen molar-refractivity contribution in [1.82, 2.24) is 10.2 Å². The van der Waals surface area contributed by atoms with Crippen LogP contribution in [0.5, 0.6) is 0 Å². The highest BCUT2D eigenvalue weighted by Gasteiger charge is 2.01. The van der Waals surface area contributed by atoms with Crippen LogP contribution < -0.4 is 5.32 Å². The molecule has 2 N–H and O–H groups in total. The Balaban J connectivity index is 1.86. The molecule has 0 radical (unpaired) electrons. The lowest BCUT2D eigenvalue weighted by Gasteiger charge is -2.05. The van der Waals surface area contributed by atoms with Crippen molar-refractivity contribution >= 4 is 27.9 Å². The van der Waals surface area contributed by atoms with Gasteiger partial charge in [0.15, 0.2) is 0 Å². The van der Waals surface area contributed by atoms with E-state index in [2.05, 4.69) is 39.1 Å². The molecule has 0 saturated carbocycles. The first-order valence-corrected chi connectivity index (χ1v) is 6.00. The average molecular weight is 229 g/mol. The van der Waals surface area contributed by atoms with Crippen molar-refractivity contribution in [2.24, 2.45) is 0 Å². The maximum atomic E-state index is 4.04. The summed E-state index contributed by atoms with van der Waals surface area (Å²) in [6, 6.07) is 10.3. The fourth-order valence-electron chi connectivity index (χ4n) is 1.72. The van der Waals surface area contributed by atoms with E-state index in [1.54, 1.807) is 11.3 Å². The van der Waals surface area contributed by atoms with E-state index in [0.29, 0.717) is 0 Å². The molecule has 0 amide bonds. The maximum Gasteiger partial charge on any atom is 0.0671 e. The van der Waals surface area contributed by atoms with Gasteiger partial charge in [-0.1, -0.05) is 12.1 Å². The molecule has 16 heavy (non-hydrogen) atoms. The Bertz CT molecular complexity index is 583. The molecule has 3 rings (SSSR count). The lowest BCUT2D eigenvalue weighted by molar-refractivity contribution is 1.12. The zero-order valence-corrected chi connectivity index (χ0v) is 9.42. The van der Waals surface area contributed by atoms with E-state index in [0.717, 1.165) is 23.1 Å². The molecule has 0 bridgehead atoms. The lowest BCUT2D eigenvalue weighted by atomic mass is 10.2. The Hall–Kier alpha value is -1.81. The highest BCUT2D eigenvalue weighted by molar-refractivity contribution is 7.09. The number of rotatable bonds is 3. The van der Waals surface area contributed by atoms with Gasteiger partial charge in [-0.15, -0.1) is 11.3 Å². The SMILES string of the molecule is c1csc(CNc2cccc3[nH]ncc23)c1. The van der Waals surface area contributed by atoms with Gasteiger partial charge in [0.2, 0.25) is 0 Å². The van der Waals surface area contributed by atoms with Crippen LogP contribution >= 0.6 is 11.3 Å². The summed E-state index contributed by atoms with van der Waals surface area (Å²) in [6.45, 7) is 0.863. The van der Waals surface area contributed by atoms with Gasteiger partial charge < -0.3 is 5.32 Å². The number of hydrogen-bond donors (Lipinski definition) is 2. The van der Waals surface area contributed by atoms with Gasteiger partial charge in [0.25, 0.3) is 0 Å². The van der Waals surface area contributed by atoms with Crippen LogP contribution in [0.4, 0.5) is 5.69 Å². The molecule has 0 aliphatic heterocycles. The summed E-state index contributed by atoms with van der Waals surface area (Å²) in [5, 5.41) is 13.7. The van der Waals surface area contributed by atoms with Gasteiger partial charge in [0.05, 0.1) is 11.7 Å². The molecule has 2 heterocycles. The summed E-state index contributed by atoms with van der Waals surface area (Å²) in [5.41, 5.74) is 2.19. The van der Waals surface area contributed by atoms with Gasteiger partial charge in [0.1, 0.15) is 0 Å². The third-order valence-corrected chi connectivity index (χ3v) is 3.39. The fourth-order valence-corrected chi connectivity index (χ4v) is 2.36.